The molecule has 9 nitrogen and oxygen atoms in total. The molecule has 0 aliphatic carbocycles. The Bertz CT molecular complexity index is 686. The van der Waals surface area contributed by atoms with E-state index in [1.807, 2.05) is 0 Å². The molecule has 2 aromatic rings. The second-order valence-corrected chi connectivity index (χ2v) is 4.87. The third-order valence-electron chi connectivity index (χ3n) is 3.25. The van der Waals surface area contributed by atoms with Crippen molar-refractivity contribution in [2.24, 2.45) is 0 Å². The number of nitrogens with zero attached hydrogens (tertiary/aromatic N) is 5. The van der Waals surface area contributed by atoms with Gasteiger partial charge in [-0.25, -0.2) is 0 Å². The van der Waals surface area contributed by atoms with Gasteiger partial charge in [-0.15, -0.1) is 5.10 Å². The first kappa shape index (κ1) is 16.4. The minimum Gasteiger partial charge on any atom is -0.494 e. The van der Waals surface area contributed by atoms with Gasteiger partial charge in [0.15, 0.2) is 0 Å². The summed E-state index contributed by atoms with van der Waals surface area (Å²) in [5.74, 6) is -0.564. The Morgan fingerprint density at radius 2 is 2.17 bits per heavy atom. The van der Waals surface area contributed by atoms with Crippen molar-refractivity contribution in [2.75, 3.05) is 20.7 Å². The lowest BCUT2D eigenvalue weighted by molar-refractivity contribution is -0.137. The van der Waals surface area contributed by atoms with Crippen molar-refractivity contribution in [1.82, 2.24) is 25.1 Å². The van der Waals surface area contributed by atoms with Gasteiger partial charge in [-0.05, 0) is 35.0 Å². The van der Waals surface area contributed by atoms with E-state index in [4.69, 9.17) is 9.84 Å². The van der Waals surface area contributed by atoms with Crippen molar-refractivity contribution in [2.45, 2.75) is 12.8 Å². The van der Waals surface area contributed by atoms with Crippen LogP contribution in [-0.2, 0) is 4.79 Å². The van der Waals surface area contributed by atoms with Gasteiger partial charge in [-0.2, -0.15) is 4.68 Å². The molecule has 0 atom stereocenters. The third-order valence-corrected chi connectivity index (χ3v) is 3.25. The summed E-state index contributed by atoms with van der Waals surface area (Å²) >= 11 is 0. The van der Waals surface area contributed by atoms with Crippen LogP contribution in [0.2, 0.25) is 0 Å². The van der Waals surface area contributed by atoms with E-state index in [9.17, 15) is 9.59 Å². The third kappa shape index (κ3) is 4.02. The maximum atomic E-state index is 12.4. The molecule has 1 aromatic carbocycles. The standard InChI is InChI=1S/C14H17N5O4/c1-18(7-3-4-13(20)21)14(22)10-5-6-12(23-2)11(8-10)19-9-15-16-17-19/h5-6,8-9H,3-4,7H2,1-2H3,(H,20,21). The Balaban J connectivity index is 2.17. The van der Waals surface area contributed by atoms with E-state index in [1.54, 1.807) is 25.2 Å². The number of carbonyl (C=O) groups excluding carboxylic acids is 1. The van der Waals surface area contributed by atoms with Gasteiger partial charge in [0, 0.05) is 25.6 Å². The van der Waals surface area contributed by atoms with Crippen LogP contribution in [-0.4, -0.2) is 62.8 Å². The highest BCUT2D eigenvalue weighted by atomic mass is 16.5. The van der Waals surface area contributed by atoms with Gasteiger partial charge in [0.1, 0.15) is 17.8 Å². The molecular formula is C14H17N5O4. The number of ether oxygens (including phenoxy) is 1. The zero-order valence-electron chi connectivity index (χ0n) is 12.8. The van der Waals surface area contributed by atoms with Crippen molar-refractivity contribution >= 4 is 11.9 Å². The Kier molecular flexibility index (Phi) is 5.23. The molecule has 0 saturated carbocycles. The summed E-state index contributed by atoms with van der Waals surface area (Å²) in [5.41, 5.74) is 0.983. The fourth-order valence-corrected chi connectivity index (χ4v) is 2.06. The molecule has 0 saturated heterocycles. The van der Waals surface area contributed by atoms with Crippen LogP contribution in [0.15, 0.2) is 24.5 Å². The molecule has 0 unspecified atom stereocenters. The molecular weight excluding hydrogens is 302 g/mol. The van der Waals surface area contributed by atoms with E-state index in [-0.39, 0.29) is 12.3 Å². The number of hydrogen-bond donors (Lipinski definition) is 1. The number of amides is 1. The Morgan fingerprint density at radius 1 is 1.39 bits per heavy atom. The second-order valence-electron chi connectivity index (χ2n) is 4.87. The monoisotopic (exact) mass is 319 g/mol. The molecule has 0 fully saturated rings. The molecule has 23 heavy (non-hydrogen) atoms. The molecule has 0 aliphatic heterocycles. The number of hydrogen-bond acceptors (Lipinski definition) is 6. The average molecular weight is 319 g/mol. The molecule has 1 heterocycles. The van der Waals surface area contributed by atoms with E-state index >= 15 is 0 Å². The second kappa shape index (κ2) is 7.34. The molecule has 0 aliphatic rings. The molecule has 1 aromatic heterocycles. The van der Waals surface area contributed by atoms with Gasteiger partial charge in [0.25, 0.3) is 5.91 Å². The normalized spacial score (nSPS) is 10.3. The highest BCUT2D eigenvalue weighted by Crippen LogP contribution is 2.23. The lowest BCUT2D eigenvalue weighted by Crippen LogP contribution is -2.28. The maximum Gasteiger partial charge on any atom is 0.303 e. The van der Waals surface area contributed by atoms with Gasteiger partial charge in [0.2, 0.25) is 0 Å². The number of carboxylic acids is 1. The first-order valence-corrected chi connectivity index (χ1v) is 6.91. The average Bonchev–Trinajstić information content (AvgIpc) is 3.07. The van der Waals surface area contributed by atoms with Gasteiger partial charge in [-0.3, -0.25) is 9.59 Å². The van der Waals surface area contributed by atoms with Crippen molar-refractivity contribution in [3.05, 3.63) is 30.1 Å². The lowest BCUT2D eigenvalue weighted by Gasteiger charge is -2.17. The van der Waals surface area contributed by atoms with E-state index < -0.39 is 5.97 Å². The van der Waals surface area contributed by atoms with E-state index in [0.717, 1.165) is 0 Å². The zero-order chi connectivity index (χ0) is 16.8. The van der Waals surface area contributed by atoms with Crippen LogP contribution in [0.3, 0.4) is 0 Å². The molecule has 1 amide bonds. The molecule has 122 valence electrons. The van der Waals surface area contributed by atoms with E-state index in [0.29, 0.717) is 30.0 Å². The van der Waals surface area contributed by atoms with Crippen LogP contribution in [0.25, 0.3) is 5.69 Å². The minimum atomic E-state index is -0.878. The Morgan fingerprint density at radius 3 is 2.78 bits per heavy atom. The quantitative estimate of drug-likeness (QED) is 0.796. The molecule has 1 N–H and O–H groups in total. The number of carboxylic acid groups (broad SMARTS) is 1. The van der Waals surface area contributed by atoms with Crippen LogP contribution in [0.5, 0.6) is 5.75 Å². The van der Waals surface area contributed by atoms with Crippen LogP contribution < -0.4 is 4.74 Å². The van der Waals surface area contributed by atoms with Gasteiger partial charge in [0.05, 0.1) is 7.11 Å². The summed E-state index contributed by atoms with van der Waals surface area (Å²) in [7, 11) is 3.15. The summed E-state index contributed by atoms with van der Waals surface area (Å²) in [4.78, 5) is 24.4. The highest BCUT2D eigenvalue weighted by molar-refractivity contribution is 5.95. The zero-order valence-corrected chi connectivity index (χ0v) is 12.8. The summed E-state index contributed by atoms with van der Waals surface area (Å²) in [5, 5.41) is 19.6. The number of aromatic nitrogens is 4. The number of rotatable bonds is 7. The van der Waals surface area contributed by atoms with Gasteiger partial charge >= 0.3 is 5.97 Å². The lowest BCUT2D eigenvalue weighted by atomic mass is 10.1. The number of tetrazole rings is 1. The molecule has 0 spiro atoms. The summed E-state index contributed by atoms with van der Waals surface area (Å²) < 4.78 is 6.65. The van der Waals surface area contributed by atoms with Crippen LogP contribution in [0.4, 0.5) is 0 Å². The number of aliphatic carboxylic acids is 1. The van der Waals surface area contributed by atoms with Crippen LogP contribution in [0, 0.1) is 0 Å². The topological polar surface area (TPSA) is 110 Å². The largest absolute Gasteiger partial charge is 0.494 e. The highest BCUT2D eigenvalue weighted by Gasteiger charge is 2.16. The minimum absolute atomic E-state index is 0.0239. The van der Waals surface area contributed by atoms with Gasteiger partial charge in [-0.1, -0.05) is 0 Å². The van der Waals surface area contributed by atoms with E-state index in [2.05, 4.69) is 15.5 Å². The Hall–Kier alpha value is -2.97. The van der Waals surface area contributed by atoms with Crippen molar-refractivity contribution in [1.29, 1.82) is 0 Å². The molecule has 2 rings (SSSR count). The Labute approximate surface area is 132 Å². The van der Waals surface area contributed by atoms with Crippen molar-refractivity contribution in [3.63, 3.8) is 0 Å². The first-order valence-electron chi connectivity index (χ1n) is 6.91. The van der Waals surface area contributed by atoms with Crippen molar-refractivity contribution in [3.8, 4) is 11.4 Å². The number of methoxy groups -OCH3 is 1. The number of carbonyl (C=O) groups is 2. The first-order chi connectivity index (χ1) is 11.0. The fraction of sp³-hybridized carbons (Fsp3) is 0.357. The summed E-state index contributed by atoms with van der Waals surface area (Å²) in [6.07, 6.45) is 1.83. The smallest absolute Gasteiger partial charge is 0.303 e. The van der Waals surface area contributed by atoms with Gasteiger partial charge < -0.3 is 14.7 Å². The molecule has 0 radical (unpaired) electrons. The SMILES string of the molecule is COc1ccc(C(=O)N(C)CCCC(=O)O)cc1-n1cnnn1. The predicted octanol–water partition coefficient (Wildman–Crippen LogP) is 0.608. The molecule has 0 bridgehead atoms. The summed E-state index contributed by atoms with van der Waals surface area (Å²) in [6.45, 7) is 0.359. The maximum absolute atomic E-state index is 12.4. The number of benzene rings is 1. The fourth-order valence-electron chi connectivity index (χ4n) is 2.06. The van der Waals surface area contributed by atoms with Crippen molar-refractivity contribution < 1.29 is 19.4 Å². The van der Waals surface area contributed by atoms with Crippen LogP contribution in [0.1, 0.15) is 23.2 Å². The summed E-state index contributed by atoms with van der Waals surface area (Å²) in [6, 6.07) is 4.93. The van der Waals surface area contributed by atoms with E-state index in [1.165, 1.54) is 23.0 Å². The predicted molar refractivity (Wildman–Crippen MR) is 79.5 cm³/mol. The van der Waals surface area contributed by atoms with Crippen LogP contribution >= 0.6 is 0 Å². The molecule has 9 heteroatoms.